The van der Waals surface area contributed by atoms with Gasteiger partial charge in [-0.25, -0.2) is 0 Å². The van der Waals surface area contributed by atoms with Gasteiger partial charge in [-0.15, -0.1) is 0 Å². The third-order valence-corrected chi connectivity index (χ3v) is 3.19. The maximum Gasteiger partial charge on any atom is 0.121 e. The summed E-state index contributed by atoms with van der Waals surface area (Å²) in [6, 6.07) is 6.22. The first kappa shape index (κ1) is 11.6. The normalized spacial score (nSPS) is 13.6. The molecule has 2 nitrogen and oxygen atoms in total. The van der Waals surface area contributed by atoms with Crippen LogP contribution in [0.4, 0.5) is 5.69 Å². The Labute approximate surface area is 105 Å². The van der Waals surface area contributed by atoms with E-state index >= 15 is 0 Å². The molecule has 1 aromatic carbocycles. The van der Waals surface area contributed by atoms with Gasteiger partial charge in [0.2, 0.25) is 0 Å². The summed E-state index contributed by atoms with van der Waals surface area (Å²) in [5, 5.41) is 1.05. The largest absolute Gasteiger partial charge is 0.494 e. The topological polar surface area (TPSA) is 21.6 Å². The monoisotopic (exact) mass is 281 g/mol. The Balaban J connectivity index is 1.93. The second-order valence-corrected chi connectivity index (χ2v) is 4.68. The van der Waals surface area contributed by atoms with Gasteiger partial charge >= 0.3 is 0 Å². The minimum absolute atomic E-state index is 0.786. The smallest absolute Gasteiger partial charge is 0.121 e. The zero-order chi connectivity index (χ0) is 11.2. The summed E-state index contributed by atoms with van der Waals surface area (Å²) in [6.45, 7) is 0.786. The number of aliphatic imine (C=N–C) groups is 1. The Kier molecular flexibility index (Phi) is 4.40. The number of halogens is 1. The highest BCUT2D eigenvalue weighted by molar-refractivity contribution is 9.09. The predicted octanol–water partition coefficient (Wildman–Crippen LogP) is 3.89. The van der Waals surface area contributed by atoms with E-state index in [1.807, 2.05) is 18.3 Å². The first-order valence-corrected chi connectivity index (χ1v) is 6.86. The van der Waals surface area contributed by atoms with Crippen molar-refractivity contribution in [2.45, 2.75) is 25.7 Å². The fourth-order valence-corrected chi connectivity index (χ4v) is 2.13. The molecule has 0 saturated heterocycles. The first-order valence-electron chi connectivity index (χ1n) is 5.74. The van der Waals surface area contributed by atoms with Gasteiger partial charge in [0.05, 0.1) is 12.3 Å². The van der Waals surface area contributed by atoms with E-state index < -0.39 is 0 Å². The number of benzene rings is 1. The average molecular weight is 282 g/mol. The first-order chi connectivity index (χ1) is 7.90. The van der Waals surface area contributed by atoms with Crippen molar-refractivity contribution in [3.05, 3.63) is 23.8 Å². The number of rotatable bonds is 5. The molecule has 0 aromatic heterocycles. The molecule has 2 rings (SSSR count). The molecular formula is C13H16BrNO. The lowest BCUT2D eigenvalue weighted by Crippen LogP contribution is -1.99. The van der Waals surface area contributed by atoms with E-state index in [0.717, 1.165) is 49.1 Å². The quantitative estimate of drug-likeness (QED) is 0.593. The number of nitrogens with zero attached hydrogens (tertiary/aromatic N) is 1. The fourth-order valence-electron chi connectivity index (χ4n) is 1.73. The Morgan fingerprint density at radius 1 is 1.31 bits per heavy atom. The van der Waals surface area contributed by atoms with Crippen LogP contribution >= 0.6 is 15.9 Å². The van der Waals surface area contributed by atoms with Crippen LogP contribution in [-0.2, 0) is 6.42 Å². The lowest BCUT2D eigenvalue weighted by molar-refractivity contribution is 0.310. The summed E-state index contributed by atoms with van der Waals surface area (Å²) in [6.07, 6.45) is 6.38. The molecule has 0 aliphatic carbocycles. The Bertz CT molecular complexity index is 376. The molecule has 0 amide bonds. The summed E-state index contributed by atoms with van der Waals surface area (Å²) in [5.41, 5.74) is 2.40. The number of fused-ring (bicyclic) bond motifs is 1. The Morgan fingerprint density at radius 3 is 3.12 bits per heavy atom. The van der Waals surface area contributed by atoms with Crippen molar-refractivity contribution in [1.82, 2.24) is 0 Å². The summed E-state index contributed by atoms with van der Waals surface area (Å²) < 4.78 is 5.68. The van der Waals surface area contributed by atoms with Crippen LogP contribution in [0.3, 0.4) is 0 Å². The van der Waals surface area contributed by atoms with E-state index in [2.05, 4.69) is 27.0 Å². The van der Waals surface area contributed by atoms with E-state index in [1.54, 1.807) is 0 Å². The second-order valence-electron chi connectivity index (χ2n) is 3.89. The maximum absolute atomic E-state index is 5.68. The van der Waals surface area contributed by atoms with Crippen LogP contribution in [0.5, 0.6) is 5.75 Å². The third kappa shape index (κ3) is 3.08. The van der Waals surface area contributed by atoms with Crippen LogP contribution in [0.2, 0.25) is 0 Å². The highest BCUT2D eigenvalue weighted by Gasteiger charge is 2.06. The zero-order valence-electron chi connectivity index (χ0n) is 9.29. The molecule has 0 spiro atoms. The van der Waals surface area contributed by atoms with Crippen molar-refractivity contribution >= 4 is 27.8 Å². The van der Waals surface area contributed by atoms with Crippen LogP contribution in [0.15, 0.2) is 23.2 Å². The zero-order valence-corrected chi connectivity index (χ0v) is 10.9. The summed E-state index contributed by atoms with van der Waals surface area (Å²) in [5.74, 6) is 0.937. The van der Waals surface area contributed by atoms with Gasteiger partial charge in [0.1, 0.15) is 5.75 Å². The molecule has 0 fully saturated rings. The van der Waals surface area contributed by atoms with Gasteiger partial charge in [-0.2, -0.15) is 0 Å². The van der Waals surface area contributed by atoms with Crippen molar-refractivity contribution in [1.29, 1.82) is 0 Å². The second kappa shape index (κ2) is 6.04. The van der Waals surface area contributed by atoms with Gasteiger partial charge in [-0.05, 0) is 37.3 Å². The molecule has 0 bridgehead atoms. The maximum atomic E-state index is 5.68. The van der Waals surface area contributed by atoms with E-state index in [-0.39, 0.29) is 0 Å². The van der Waals surface area contributed by atoms with E-state index in [0.29, 0.717) is 0 Å². The van der Waals surface area contributed by atoms with Gasteiger partial charge in [-0.1, -0.05) is 22.0 Å². The van der Waals surface area contributed by atoms with E-state index in [1.165, 1.54) is 5.56 Å². The molecule has 0 unspecified atom stereocenters. The molecule has 1 heterocycles. The van der Waals surface area contributed by atoms with Crippen molar-refractivity contribution in [3.8, 4) is 5.75 Å². The van der Waals surface area contributed by atoms with Crippen molar-refractivity contribution in [2.75, 3.05) is 11.9 Å². The van der Waals surface area contributed by atoms with Gasteiger partial charge in [0, 0.05) is 17.6 Å². The van der Waals surface area contributed by atoms with Crippen molar-refractivity contribution in [2.24, 2.45) is 4.99 Å². The highest BCUT2D eigenvalue weighted by atomic mass is 79.9. The minimum Gasteiger partial charge on any atom is -0.494 e. The number of hydrogen-bond donors (Lipinski definition) is 0. The van der Waals surface area contributed by atoms with Crippen LogP contribution in [-0.4, -0.2) is 18.2 Å². The van der Waals surface area contributed by atoms with Crippen LogP contribution < -0.4 is 4.74 Å². The SMILES string of the molecule is BrCCCCOc1ccc2c(c1)N=CCC2. The molecule has 16 heavy (non-hydrogen) atoms. The summed E-state index contributed by atoms with van der Waals surface area (Å²) in [4.78, 5) is 4.39. The molecule has 1 aliphatic heterocycles. The number of hydrogen-bond acceptors (Lipinski definition) is 2. The number of aryl methyl sites for hydroxylation is 1. The molecule has 1 aromatic rings. The average Bonchev–Trinajstić information content (AvgIpc) is 2.34. The number of unbranched alkanes of at least 4 members (excludes halogenated alkanes) is 1. The van der Waals surface area contributed by atoms with Gasteiger partial charge in [0.25, 0.3) is 0 Å². The van der Waals surface area contributed by atoms with E-state index in [9.17, 15) is 0 Å². The van der Waals surface area contributed by atoms with Gasteiger partial charge in [-0.3, -0.25) is 4.99 Å². The molecule has 0 N–H and O–H groups in total. The molecule has 3 heteroatoms. The van der Waals surface area contributed by atoms with Crippen LogP contribution in [0, 0.1) is 0 Å². The third-order valence-electron chi connectivity index (χ3n) is 2.63. The molecule has 0 radical (unpaired) electrons. The number of alkyl halides is 1. The van der Waals surface area contributed by atoms with Crippen molar-refractivity contribution < 1.29 is 4.74 Å². The highest BCUT2D eigenvalue weighted by Crippen LogP contribution is 2.28. The molecule has 86 valence electrons. The molecular weight excluding hydrogens is 266 g/mol. The number of ether oxygens (including phenoxy) is 1. The molecule has 0 atom stereocenters. The van der Waals surface area contributed by atoms with E-state index in [4.69, 9.17) is 4.74 Å². The van der Waals surface area contributed by atoms with Gasteiger partial charge in [0.15, 0.2) is 0 Å². The molecule has 1 aliphatic rings. The van der Waals surface area contributed by atoms with Gasteiger partial charge < -0.3 is 4.74 Å². The Hall–Kier alpha value is -0.830. The minimum atomic E-state index is 0.786. The van der Waals surface area contributed by atoms with Crippen molar-refractivity contribution in [3.63, 3.8) is 0 Å². The molecule has 0 saturated carbocycles. The van der Waals surface area contributed by atoms with Crippen LogP contribution in [0.1, 0.15) is 24.8 Å². The fraction of sp³-hybridized carbons (Fsp3) is 0.462. The van der Waals surface area contributed by atoms with Crippen LogP contribution in [0.25, 0.3) is 0 Å². The predicted molar refractivity (Wildman–Crippen MR) is 71.4 cm³/mol. The lowest BCUT2D eigenvalue weighted by Gasteiger charge is -2.12. The lowest BCUT2D eigenvalue weighted by atomic mass is 10.1. The summed E-state index contributed by atoms with van der Waals surface area (Å²) in [7, 11) is 0. The Morgan fingerprint density at radius 2 is 2.25 bits per heavy atom. The standard InChI is InChI=1S/C13H16BrNO/c14-7-1-2-9-16-12-6-5-11-4-3-8-15-13(11)10-12/h5-6,8,10H,1-4,7,9H2. The summed E-state index contributed by atoms with van der Waals surface area (Å²) >= 11 is 3.41.